The first-order chi connectivity index (χ1) is 17.1. The minimum atomic E-state index is -0.516. The lowest BCUT2D eigenvalue weighted by atomic mass is 10.2. The number of hydrogen-bond donors (Lipinski definition) is 0. The number of rotatable bonds is 8. The lowest BCUT2D eigenvalue weighted by Crippen LogP contribution is -2.22. The van der Waals surface area contributed by atoms with Crippen molar-refractivity contribution in [3.8, 4) is 11.5 Å². The van der Waals surface area contributed by atoms with Gasteiger partial charge in [0.15, 0.2) is 11.5 Å². The number of carbonyl (C=O) groups is 1. The SMILES string of the molecule is CCOc1cc(/C=N/n2c(CC)nc3ccccc3c2=O)ccc1OC(=O)/C=C/c1ccccc1. The predicted octanol–water partition coefficient (Wildman–Crippen LogP) is 4.86. The van der Waals surface area contributed by atoms with Crippen molar-refractivity contribution in [3.63, 3.8) is 0 Å². The molecule has 3 aromatic carbocycles. The molecular weight excluding hydrogens is 442 g/mol. The van der Waals surface area contributed by atoms with Crippen LogP contribution in [0.25, 0.3) is 17.0 Å². The maximum atomic E-state index is 13.0. The summed E-state index contributed by atoms with van der Waals surface area (Å²) >= 11 is 0. The second-order valence-electron chi connectivity index (χ2n) is 7.56. The Labute approximate surface area is 203 Å². The Hall–Kier alpha value is -4.52. The third-order valence-corrected chi connectivity index (χ3v) is 5.15. The first-order valence-corrected chi connectivity index (χ1v) is 11.4. The van der Waals surface area contributed by atoms with Crippen molar-refractivity contribution in [1.29, 1.82) is 0 Å². The van der Waals surface area contributed by atoms with Gasteiger partial charge in [0.1, 0.15) is 5.82 Å². The van der Waals surface area contributed by atoms with Crippen molar-refractivity contribution >= 4 is 29.2 Å². The van der Waals surface area contributed by atoms with E-state index in [1.54, 1.807) is 42.6 Å². The van der Waals surface area contributed by atoms with Crippen molar-refractivity contribution in [3.05, 3.63) is 106 Å². The molecule has 0 aliphatic carbocycles. The van der Waals surface area contributed by atoms with Crippen LogP contribution < -0.4 is 15.0 Å². The molecule has 0 fully saturated rings. The van der Waals surface area contributed by atoms with Crippen molar-refractivity contribution < 1.29 is 14.3 Å². The smallest absolute Gasteiger partial charge is 0.336 e. The lowest BCUT2D eigenvalue weighted by molar-refractivity contribution is -0.129. The Morgan fingerprint density at radius 2 is 1.74 bits per heavy atom. The number of ether oxygens (including phenoxy) is 2. The zero-order chi connectivity index (χ0) is 24.6. The minimum absolute atomic E-state index is 0.232. The largest absolute Gasteiger partial charge is 0.490 e. The fraction of sp³-hybridized carbons (Fsp3) is 0.143. The number of carbonyl (C=O) groups excluding carboxylic acids is 1. The van der Waals surface area contributed by atoms with Gasteiger partial charge in [-0.05, 0) is 54.5 Å². The van der Waals surface area contributed by atoms with E-state index in [9.17, 15) is 9.59 Å². The number of esters is 1. The van der Waals surface area contributed by atoms with Gasteiger partial charge in [0.2, 0.25) is 0 Å². The number of aromatic nitrogens is 2. The molecule has 0 radical (unpaired) electrons. The maximum Gasteiger partial charge on any atom is 0.336 e. The second kappa shape index (κ2) is 11.1. The maximum absolute atomic E-state index is 13.0. The van der Waals surface area contributed by atoms with E-state index in [4.69, 9.17) is 9.47 Å². The van der Waals surface area contributed by atoms with Crippen LogP contribution in [0.15, 0.2) is 88.8 Å². The molecule has 0 aliphatic heterocycles. The van der Waals surface area contributed by atoms with Gasteiger partial charge in [-0.2, -0.15) is 9.78 Å². The monoisotopic (exact) mass is 467 g/mol. The summed E-state index contributed by atoms with van der Waals surface area (Å²) in [7, 11) is 0. The molecular formula is C28H25N3O4. The Bertz CT molecular complexity index is 1460. The lowest BCUT2D eigenvalue weighted by Gasteiger charge is -2.11. The third kappa shape index (κ3) is 5.70. The fourth-order valence-corrected chi connectivity index (χ4v) is 3.47. The topological polar surface area (TPSA) is 82.8 Å². The van der Waals surface area contributed by atoms with Crippen LogP contribution in [0, 0.1) is 0 Å². The number of fused-ring (bicyclic) bond motifs is 1. The van der Waals surface area contributed by atoms with Crippen LogP contribution in [-0.4, -0.2) is 28.5 Å². The average molecular weight is 468 g/mol. The molecule has 0 atom stereocenters. The van der Waals surface area contributed by atoms with Crippen molar-refractivity contribution in [2.75, 3.05) is 6.61 Å². The van der Waals surface area contributed by atoms with Crippen LogP contribution >= 0.6 is 0 Å². The Morgan fingerprint density at radius 1 is 0.971 bits per heavy atom. The summed E-state index contributed by atoms with van der Waals surface area (Å²) < 4.78 is 12.5. The molecule has 0 spiro atoms. The zero-order valence-corrected chi connectivity index (χ0v) is 19.5. The molecule has 4 aromatic rings. The second-order valence-corrected chi connectivity index (χ2v) is 7.56. The highest BCUT2D eigenvalue weighted by Gasteiger charge is 2.11. The summed E-state index contributed by atoms with van der Waals surface area (Å²) in [4.78, 5) is 29.8. The number of para-hydroxylation sites is 1. The summed E-state index contributed by atoms with van der Waals surface area (Å²) in [5.41, 5.74) is 1.98. The van der Waals surface area contributed by atoms with Crippen molar-refractivity contribution in [2.24, 2.45) is 5.10 Å². The molecule has 0 saturated heterocycles. The number of benzene rings is 3. The summed E-state index contributed by atoms with van der Waals surface area (Å²) in [6.45, 7) is 4.15. The van der Waals surface area contributed by atoms with Gasteiger partial charge >= 0.3 is 5.97 Å². The first kappa shape index (κ1) is 23.6. The van der Waals surface area contributed by atoms with E-state index in [1.807, 2.05) is 56.3 Å². The molecule has 7 heteroatoms. The standard InChI is InChI=1S/C28H25N3O4/c1-3-26-30-23-13-9-8-12-22(23)28(33)31(26)29-19-21-14-16-24(25(18-21)34-4-2)35-27(32)17-15-20-10-6-5-7-11-20/h5-19H,3-4H2,1-2H3/b17-15+,29-19+. The molecule has 1 heterocycles. The van der Waals surface area contributed by atoms with Crippen LogP contribution in [0.1, 0.15) is 30.8 Å². The molecule has 4 rings (SSSR count). The van der Waals surface area contributed by atoms with E-state index in [1.165, 1.54) is 10.8 Å². The molecule has 176 valence electrons. The van der Waals surface area contributed by atoms with E-state index in [2.05, 4.69) is 10.1 Å². The third-order valence-electron chi connectivity index (χ3n) is 5.15. The van der Waals surface area contributed by atoms with Crippen LogP contribution in [-0.2, 0) is 11.2 Å². The Kier molecular flexibility index (Phi) is 7.47. The predicted molar refractivity (Wildman–Crippen MR) is 137 cm³/mol. The zero-order valence-electron chi connectivity index (χ0n) is 19.5. The summed E-state index contributed by atoms with van der Waals surface area (Å²) in [6.07, 6.45) is 5.16. The first-order valence-electron chi connectivity index (χ1n) is 11.4. The van der Waals surface area contributed by atoms with Gasteiger partial charge in [-0.15, -0.1) is 0 Å². The molecule has 0 unspecified atom stereocenters. The van der Waals surface area contributed by atoms with Gasteiger partial charge in [-0.3, -0.25) is 4.79 Å². The van der Waals surface area contributed by atoms with Crippen LogP contribution in [0.3, 0.4) is 0 Å². The molecule has 35 heavy (non-hydrogen) atoms. The van der Waals surface area contributed by atoms with Gasteiger partial charge < -0.3 is 9.47 Å². The molecule has 0 bridgehead atoms. The van der Waals surface area contributed by atoms with E-state index < -0.39 is 5.97 Å². The van der Waals surface area contributed by atoms with Gasteiger partial charge in [-0.25, -0.2) is 9.78 Å². The summed E-state index contributed by atoms with van der Waals surface area (Å²) in [5.74, 6) is 0.742. The van der Waals surface area contributed by atoms with E-state index in [0.29, 0.717) is 46.8 Å². The average Bonchev–Trinajstić information content (AvgIpc) is 2.89. The van der Waals surface area contributed by atoms with Crippen LogP contribution in [0.4, 0.5) is 0 Å². The summed E-state index contributed by atoms with van der Waals surface area (Å²) in [5, 5.41) is 4.90. The summed E-state index contributed by atoms with van der Waals surface area (Å²) in [6, 6.07) is 21.8. The molecule has 0 amide bonds. The number of aryl methyl sites for hydroxylation is 1. The van der Waals surface area contributed by atoms with Gasteiger partial charge in [0.25, 0.3) is 5.56 Å². The molecule has 1 aromatic heterocycles. The molecule has 0 aliphatic rings. The normalized spacial score (nSPS) is 11.4. The minimum Gasteiger partial charge on any atom is -0.490 e. The highest BCUT2D eigenvalue weighted by Crippen LogP contribution is 2.28. The Morgan fingerprint density at radius 3 is 2.51 bits per heavy atom. The van der Waals surface area contributed by atoms with Gasteiger partial charge in [0.05, 0.1) is 23.7 Å². The van der Waals surface area contributed by atoms with Gasteiger partial charge in [0, 0.05) is 12.5 Å². The van der Waals surface area contributed by atoms with E-state index in [0.717, 1.165) is 5.56 Å². The van der Waals surface area contributed by atoms with Crippen molar-refractivity contribution in [2.45, 2.75) is 20.3 Å². The highest BCUT2D eigenvalue weighted by atomic mass is 16.6. The highest BCUT2D eigenvalue weighted by molar-refractivity contribution is 5.89. The fourth-order valence-electron chi connectivity index (χ4n) is 3.47. The Balaban J connectivity index is 1.58. The van der Waals surface area contributed by atoms with Crippen LogP contribution in [0.2, 0.25) is 0 Å². The molecule has 0 N–H and O–H groups in total. The van der Waals surface area contributed by atoms with Gasteiger partial charge in [-0.1, -0.05) is 49.4 Å². The molecule has 7 nitrogen and oxygen atoms in total. The van der Waals surface area contributed by atoms with Crippen LogP contribution in [0.5, 0.6) is 11.5 Å². The van der Waals surface area contributed by atoms with Crippen molar-refractivity contribution in [1.82, 2.24) is 9.66 Å². The number of nitrogens with zero attached hydrogens (tertiary/aromatic N) is 3. The molecule has 0 saturated carbocycles. The van der Waals surface area contributed by atoms with E-state index in [-0.39, 0.29) is 5.56 Å². The van der Waals surface area contributed by atoms with E-state index >= 15 is 0 Å². The number of hydrogen-bond acceptors (Lipinski definition) is 6. The quantitative estimate of drug-likeness (QED) is 0.160.